The van der Waals surface area contributed by atoms with Crippen LogP contribution < -0.4 is 4.74 Å². The van der Waals surface area contributed by atoms with E-state index in [4.69, 9.17) is 12.2 Å². The minimum Gasteiger partial charge on any atom is -0.507 e. The van der Waals surface area contributed by atoms with Crippen molar-refractivity contribution < 1.29 is 18.6 Å². The number of fused-ring (bicyclic) bond motifs is 1. The number of aromatic nitrogens is 3. The Morgan fingerprint density at radius 3 is 2.62 bits per heavy atom. The van der Waals surface area contributed by atoms with E-state index in [0.29, 0.717) is 17.0 Å². The largest absolute Gasteiger partial charge is 0.507 e. The minimum atomic E-state index is -2.90. The SMILES string of the molecule is Oc1ccc2ccccc2c1/C=N/n1c(-c2ccc(OC(F)F)cc2)n[nH]c1=S. The Bertz CT molecular complexity index is 1250. The molecular weight excluding hydrogens is 398 g/mol. The lowest BCUT2D eigenvalue weighted by molar-refractivity contribution is -0.0498. The second-order valence-corrected chi connectivity index (χ2v) is 6.42. The number of phenols is 1. The van der Waals surface area contributed by atoms with E-state index in [0.717, 1.165) is 10.8 Å². The van der Waals surface area contributed by atoms with Gasteiger partial charge in [-0.05, 0) is 53.3 Å². The smallest absolute Gasteiger partial charge is 0.387 e. The minimum absolute atomic E-state index is 0.0358. The molecule has 4 rings (SSSR count). The van der Waals surface area contributed by atoms with Crippen LogP contribution >= 0.6 is 12.2 Å². The number of nitrogens with one attached hydrogen (secondary N) is 1. The summed E-state index contributed by atoms with van der Waals surface area (Å²) in [6.07, 6.45) is 1.50. The number of benzene rings is 3. The molecule has 0 fully saturated rings. The summed E-state index contributed by atoms with van der Waals surface area (Å²) in [5, 5.41) is 23.3. The second-order valence-electron chi connectivity index (χ2n) is 6.03. The third-order valence-corrected chi connectivity index (χ3v) is 4.50. The molecule has 6 nitrogen and oxygen atoms in total. The molecule has 0 atom stereocenters. The summed E-state index contributed by atoms with van der Waals surface area (Å²) in [6, 6.07) is 17.0. The highest BCUT2D eigenvalue weighted by Gasteiger charge is 2.11. The van der Waals surface area contributed by atoms with Gasteiger partial charge in [0.15, 0.2) is 5.82 Å². The standard InChI is InChI=1S/C20H14F2N4O2S/c21-19(22)28-14-8-5-13(6-9-14)18-24-25-20(29)26(18)23-11-16-15-4-2-1-3-12(15)7-10-17(16)27/h1-11,19,27H,(H,25,29)/b23-11+. The number of hydrogen-bond acceptors (Lipinski definition) is 5. The van der Waals surface area contributed by atoms with Crippen molar-refractivity contribution in [2.75, 3.05) is 0 Å². The molecule has 0 aliphatic carbocycles. The van der Waals surface area contributed by atoms with Crippen LogP contribution in [0.2, 0.25) is 0 Å². The van der Waals surface area contributed by atoms with E-state index >= 15 is 0 Å². The highest BCUT2D eigenvalue weighted by atomic mass is 32.1. The Labute approximate surface area is 168 Å². The van der Waals surface area contributed by atoms with Crippen LogP contribution in [-0.2, 0) is 0 Å². The summed E-state index contributed by atoms with van der Waals surface area (Å²) >= 11 is 5.24. The number of aromatic amines is 1. The highest BCUT2D eigenvalue weighted by Crippen LogP contribution is 2.26. The summed E-state index contributed by atoms with van der Waals surface area (Å²) < 4.78 is 30.6. The van der Waals surface area contributed by atoms with Crippen molar-refractivity contribution in [3.63, 3.8) is 0 Å². The van der Waals surface area contributed by atoms with Gasteiger partial charge in [-0.1, -0.05) is 30.3 Å². The van der Waals surface area contributed by atoms with Gasteiger partial charge < -0.3 is 9.84 Å². The van der Waals surface area contributed by atoms with E-state index in [2.05, 4.69) is 20.0 Å². The first-order valence-corrected chi connectivity index (χ1v) is 8.91. The first-order chi connectivity index (χ1) is 14.0. The molecule has 0 bridgehead atoms. The molecule has 1 heterocycles. The molecule has 29 heavy (non-hydrogen) atoms. The van der Waals surface area contributed by atoms with Crippen molar-refractivity contribution in [2.45, 2.75) is 6.61 Å². The third-order valence-electron chi connectivity index (χ3n) is 4.24. The second kappa shape index (κ2) is 7.80. The molecule has 0 aliphatic heterocycles. The fourth-order valence-electron chi connectivity index (χ4n) is 2.91. The van der Waals surface area contributed by atoms with Gasteiger partial charge in [0.25, 0.3) is 0 Å². The molecule has 9 heteroatoms. The van der Waals surface area contributed by atoms with Gasteiger partial charge in [-0.25, -0.2) is 5.10 Å². The number of H-pyrrole nitrogens is 1. The number of halogens is 2. The quantitative estimate of drug-likeness (QED) is 0.359. The fourth-order valence-corrected chi connectivity index (χ4v) is 3.09. The van der Waals surface area contributed by atoms with E-state index in [1.165, 1.54) is 23.0 Å². The van der Waals surface area contributed by atoms with Gasteiger partial charge in [0.1, 0.15) is 11.5 Å². The van der Waals surface area contributed by atoms with Gasteiger partial charge in [0.05, 0.1) is 6.21 Å². The maximum Gasteiger partial charge on any atom is 0.387 e. The number of phenolic OH excluding ortho intramolecular Hbond substituents is 1. The van der Waals surface area contributed by atoms with Crippen LogP contribution in [0.1, 0.15) is 5.56 Å². The van der Waals surface area contributed by atoms with Crippen LogP contribution in [-0.4, -0.2) is 32.8 Å². The van der Waals surface area contributed by atoms with Crippen molar-refractivity contribution in [3.05, 3.63) is 71.0 Å². The van der Waals surface area contributed by atoms with E-state index in [-0.39, 0.29) is 16.3 Å². The fraction of sp³-hybridized carbons (Fsp3) is 0.0500. The van der Waals surface area contributed by atoms with Gasteiger partial charge >= 0.3 is 6.61 Å². The lowest BCUT2D eigenvalue weighted by Crippen LogP contribution is -2.01. The molecular formula is C20H14F2N4O2S. The maximum absolute atomic E-state index is 12.3. The van der Waals surface area contributed by atoms with Crippen LogP contribution in [0, 0.1) is 4.77 Å². The van der Waals surface area contributed by atoms with Crippen molar-refractivity contribution >= 4 is 29.2 Å². The molecule has 0 saturated carbocycles. The molecule has 1 aromatic heterocycles. The lowest BCUT2D eigenvalue weighted by Gasteiger charge is -2.06. The molecule has 3 aromatic carbocycles. The van der Waals surface area contributed by atoms with E-state index in [1.54, 1.807) is 18.2 Å². The summed E-state index contributed by atoms with van der Waals surface area (Å²) in [7, 11) is 0. The predicted octanol–water partition coefficient (Wildman–Crippen LogP) is 4.95. The zero-order valence-electron chi connectivity index (χ0n) is 14.8. The zero-order chi connectivity index (χ0) is 20.4. The number of alkyl halides is 2. The van der Waals surface area contributed by atoms with Crippen LogP contribution in [0.4, 0.5) is 8.78 Å². The summed E-state index contributed by atoms with van der Waals surface area (Å²) in [5.41, 5.74) is 1.14. The molecule has 0 aliphatic rings. The van der Waals surface area contributed by atoms with Crippen LogP contribution in [0.25, 0.3) is 22.2 Å². The molecule has 2 N–H and O–H groups in total. The van der Waals surface area contributed by atoms with Gasteiger partial charge in [0, 0.05) is 11.1 Å². The summed E-state index contributed by atoms with van der Waals surface area (Å²) in [6.45, 7) is -2.90. The molecule has 146 valence electrons. The number of rotatable bonds is 5. The Balaban J connectivity index is 1.72. The van der Waals surface area contributed by atoms with Crippen molar-refractivity contribution in [3.8, 4) is 22.9 Å². The summed E-state index contributed by atoms with van der Waals surface area (Å²) in [5.74, 6) is 0.501. The first kappa shape index (κ1) is 18.8. The van der Waals surface area contributed by atoms with Crippen molar-refractivity contribution in [1.29, 1.82) is 0 Å². The molecule has 0 unspecified atom stereocenters. The molecule has 0 spiro atoms. The van der Waals surface area contributed by atoms with Gasteiger partial charge in [-0.2, -0.15) is 23.7 Å². The molecule has 4 aromatic rings. The van der Waals surface area contributed by atoms with Crippen LogP contribution in [0.15, 0.2) is 65.8 Å². The van der Waals surface area contributed by atoms with Crippen LogP contribution in [0.5, 0.6) is 11.5 Å². The maximum atomic E-state index is 12.3. The Morgan fingerprint density at radius 2 is 1.86 bits per heavy atom. The van der Waals surface area contributed by atoms with E-state index < -0.39 is 6.61 Å². The monoisotopic (exact) mass is 412 g/mol. The molecule has 0 amide bonds. The van der Waals surface area contributed by atoms with Crippen molar-refractivity contribution in [1.82, 2.24) is 14.9 Å². The van der Waals surface area contributed by atoms with E-state index in [9.17, 15) is 13.9 Å². The average molecular weight is 412 g/mol. The highest BCUT2D eigenvalue weighted by molar-refractivity contribution is 7.71. The first-order valence-electron chi connectivity index (χ1n) is 8.50. The predicted molar refractivity (Wildman–Crippen MR) is 108 cm³/mol. The average Bonchev–Trinajstić information content (AvgIpc) is 3.08. The Morgan fingerprint density at radius 1 is 1.10 bits per heavy atom. The van der Waals surface area contributed by atoms with Gasteiger partial charge in [-0.3, -0.25) is 0 Å². The molecule has 0 radical (unpaired) electrons. The Hall–Kier alpha value is -3.59. The van der Waals surface area contributed by atoms with Crippen LogP contribution in [0.3, 0.4) is 0 Å². The Kier molecular flexibility index (Phi) is 5.05. The number of aromatic hydroxyl groups is 1. The lowest BCUT2D eigenvalue weighted by atomic mass is 10.0. The number of nitrogens with zero attached hydrogens (tertiary/aromatic N) is 3. The summed E-state index contributed by atoms with van der Waals surface area (Å²) in [4.78, 5) is 0. The van der Waals surface area contributed by atoms with Gasteiger partial charge in [0.2, 0.25) is 4.77 Å². The number of hydrogen-bond donors (Lipinski definition) is 2. The topological polar surface area (TPSA) is 75.4 Å². The van der Waals surface area contributed by atoms with Gasteiger partial charge in [-0.15, -0.1) is 0 Å². The molecule has 0 saturated heterocycles. The van der Waals surface area contributed by atoms with E-state index in [1.807, 2.05) is 30.3 Å². The zero-order valence-corrected chi connectivity index (χ0v) is 15.6. The normalized spacial score (nSPS) is 11.6. The van der Waals surface area contributed by atoms with Crippen molar-refractivity contribution in [2.24, 2.45) is 5.10 Å². The number of ether oxygens (including phenoxy) is 1. The third kappa shape index (κ3) is 3.85.